The maximum Gasteiger partial charge on any atom is 0.119 e. The molecule has 0 bridgehead atoms. The highest BCUT2D eigenvalue weighted by Gasteiger charge is 2.13. The highest BCUT2D eigenvalue weighted by molar-refractivity contribution is 7.99. The average Bonchev–Trinajstić information content (AvgIpc) is 2.59. The van der Waals surface area contributed by atoms with Crippen molar-refractivity contribution in [1.82, 2.24) is 4.98 Å². The van der Waals surface area contributed by atoms with E-state index in [0.717, 1.165) is 22.0 Å². The number of aryl methyl sites for hydroxylation is 2. The SMILES string of the molecule is Cc1cc(SCCOc2ccc(C(C)(C)C)cc2)nc2c(C)cccc12. The van der Waals surface area contributed by atoms with Crippen LogP contribution in [0.5, 0.6) is 5.75 Å². The number of fused-ring (bicyclic) bond motifs is 1. The van der Waals surface area contributed by atoms with Gasteiger partial charge in [-0.2, -0.15) is 0 Å². The molecule has 0 aliphatic heterocycles. The number of benzene rings is 2. The van der Waals surface area contributed by atoms with Gasteiger partial charge in [-0.1, -0.05) is 51.1 Å². The zero-order chi connectivity index (χ0) is 18.7. The lowest BCUT2D eigenvalue weighted by Gasteiger charge is -2.19. The third-order valence-corrected chi connectivity index (χ3v) is 5.42. The predicted octanol–water partition coefficient (Wildman–Crippen LogP) is 6.32. The summed E-state index contributed by atoms with van der Waals surface area (Å²) in [6, 6.07) is 17.0. The molecule has 1 aromatic heterocycles. The number of rotatable bonds is 5. The molecule has 0 aliphatic rings. The van der Waals surface area contributed by atoms with Crippen LogP contribution >= 0.6 is 11.8 Å². The summed E-state index contributed by atoms with van der Waals surface area (Å²) in [6.07, 6.45) is 0. The monoisotopic (exact) mass is 365 g/mol. The molecule has 0 radical (unpaired) electrons. The van der Waals surface area contributed by atoms with Crippen molar-refractivity contribution in [2.24, 2.45) is 0 Å². The Kier molecular flexibility index (Phi) is 5.57. The maximum atomic E-state index is 5.89. The Balaban J connectivity index is 1.58. The smallest absolute Gasteiger partial charge is 0.119 e. The van der Waals surface area contributed by atoms with Gasteiger partial charge in [0.2, 0.25) is 0 Å². The molecule has 0 spiro atoms. The lowest BCUT2D eigenvalue weighted by Crippen LogP contribution is -2.10. The summed E-state index contributed by atoms with van der Waals surface area (Å²) in [4.78, 5) is 4.83. The molecular weight excluding hydrogens is 338 g/mol. The van der Waals surface area contributed by atoms with Crippen LogP contribution in [0.3, 0.4) is 0 Å². The van der Waals surface area contributed by atoms with Gasteiger partial charge >= 0.3 is 0 Å². The van der Waals surface area contributed by atoms with E-state index in [4.69, 9.17) is 9.72 Å². The Morgan fingerprint density at radius 1 is 0.962 bits per heavy atom. The number of hydrogen-bond acceptors (Lipinski definition) is 3. The van der Waals surface area contributed by atoms with E-state index in [0.29, 0.717) is 6.61 Å². The lowest BCUT2D eigenvalue weighted by atomic mass is 9.87. The predicted molar refractivity (Wildman–Crippen MR) is 113 cm³/mol. The summed E-state index contributed by atoms with van der Waals surface area (Å²) >= 11 is 1.75. The molecular formula is C23H27NOS. The number of para-hydroxylation sites is 1. The lowest BCUT2D eigenvalue weighted by molar-refractivity contribution is 0.343. The van der Waals surface area contributed by atoms with Crippen LogP contribution in [-0.4, -0.2) is 17.3 Å². The van der Waals surface area contributed by atoms with Crippen molar-refractivity contribution < 1.29 is 4.74 Å². The Labute approximate surface area is 161 Å². The first-order valence-corrected chi connectivity index (χ1v) is 10.1. The minimum Gasteiger partial charge on any atom is -0.493 e. The molecule has 26 heavy (non-hydrogen) atoms. The fourth-order valence-corrected chi connectivity index (χ4v) is 3.75. The van der Waals surface area contributed by atoms with Gasteiger partial charge in [0.15, 0.2) is 0 Å². The van der Waals surface area contributed by atoms with Crippen molar-refractivity contribution in [2.45, 2.75) is 45.1 Å². The van der Waals surface area contributed by atoms with E-state index in [1.807, 2.05) is 0 Å². The summed E-state index contributed by atoms with van der Waals surface area (Å²) in [6.45, 7) is 11.6. The van der Waals surface area contributed by atoms with Crippen LogP contribution in [0.15, 0.2) is 53.6 Å². The van der Waals surface area contributed by atoms with Crippen LogP contribution in [0.4, 0.5) is 0 Å². The quantitative estimate of drug-likeness (QED) is 0.390. The molecule has 136 valence electrons. The number of ether oxygens (including phenoxy) is 1. The Morgan fingerprint density at radius 3 is 2.38 bits per heavy atom. The Bertz CT molecular complexity index is 894. The van der Waals surface area contributed by atoms with Gasteiger partial charge < -0.3 is 4.74 Å². The molecule has 3 heteroatoms. The second kappa shape index (κ2) is 7.71. The molecule has 3 rings (SSSR count). The van der Waals surface area contributed by atoms with Crippen LogP contribution in [0.2, 0.25) is 0 Å². The van der Waals surface area contributed by atoms with Crippen LogP contribution in [0, 0.1) is 13.8 Å². The van der Waals surface area contributed by atoms with Gasteiger partial charge in [0.05, 0.1) is 17.1 Å². The summed E-state index contributed by atoms with van der Waals surface area (Å²) in [7, 11) is 0. The van der Waals surface area contributed by atoms with Crippen LogP contribution in [-0.2, 0) is 5.41 Å². The topological polar surface area (TPSA) is 22.1 Å². The number of nitrogens with zero attached hydrogens (tertiary/aromatic N) is 1. The molecule has 2 nitrogen and oxygen atoms in total. The summed E-state index contributed by atoms with van der Waals surface area (Å²) in [5.74, 6) is 1.81. The van der Waals surface area contributed by atoms with Crippen molar-refractivity contribution in [1.29, 1.82) is 0 Å². The van der Waals surface area contributed by atoms with Gasteiger partial charge in [-0.15, -0.1) is 11.8 Å². The molecule has 0 saturated carbocycles. The first-order valence-electron chi connectivity index (χ1n) is 9.08. The minimum absolute atomic E-state index is 0.173. The highest BCUT2D eigenvalue weighted by atomic mass is 32.2. The van der Waals surface area contributed by atoms with E-state index in [-0.39, 0.29) is 5.41 Å². The van der Waals surface area contributed by atoms with Crippen molar-refractivity contribution in [3.8, 4) is 5.75 Å². The van der Waals surface area contributed by atoms with E-state index in [1.165, 1.54) is 22.1 Å². The zero-order valence-electron chi connectivity index (χ0n) is 16.3. The maximum absolute atomic E-state index is 5.89. The largest absolute Gasteiger partial charge is 0.493 e. The van der Waals surface area contributed by atoms with Gasteiger partial charge in [-0.3, -0.25) is 0 Å². The van der Waals surface area contributed by atoms with E-state index in [9.17, 15) is 0 Å². The Hall–Kier alpha value is -2.00. The zero-order valence-corrected chi connectivity index (χ0v) is 17.1. The van der Waals surface area contributed by atoms with Crippen molar-refractivity contribution >= 4 is 22.7 Å². The van der Waals surface area contributed by atoms with Crippen LogP contribution in [0.25, 0.3) is 10.9 Å². The number of aromatic nitrogens is 1. The molecule has 0 aliphatic carbocycles. The number of pyridine rings is 1. The highest BCUT2D eigenvalue weighted by Crippen LogP contribution is 2.26. The number of hydrogen-bond donors (Lipinski definition) is 0. The van der Waals surface area contributed by atoms with E-state index in [1.54, 1.807) is 11.8 Å². The molecule has 0 unspecified atom stereocenters. The fraction of sp³-hybridized carbons (Fsp3) is 0.348. The van der Waals surface area contributed by atoms with Crippen molar-refractivity contribution in [3.05, 3.63) is 65.2 Å². The molecule has 3 aromatic rings. The summed E-state index contributed by atoms with van der Waals surface area (Å²) in [5, 5.41) is 2.31. The molecule has 0 atom stereocenters. The van der Waals surface area contributed by atoms with Gasteiger partial charge in [0, 0.05) is 11.1 Å². The van der Waals surface area contributed by atoms with E-state index < -0.39 is 0 Å². The third kappa shape index (κ3) is 4.39. The third-order valence-electron chi connectivity index (χ3n) is 4.55. The Morgan fingerprint density at radius 2 is 1.69 bits per heavy atom. The van der Waals surface area contributed by atoms with Crippen LogP contribution in [0.1, 0.15) is 37.5 Å². The fourth-order valence-electron chi connectivity index (χ4n) is 2.96. The van der Waals surface area contributed by atoms with Gasteiger partial charge in [-0.25, -0.2) is 4.98 Å². The normalized spacial score (nSPS) is 11.7. The second-order valence-electron chi connectivity index (χ2n) is 7.72. The molecule has 2 aromatic carbocycles. The van der Waals surface area contributed by atoms with Gasteiger partial charge in [0.1, 0.15) is 5.75 Å². The van der Waals surface area contributed by atoms with Crippen molar-refractivity contribution in [2.75, 3.05) is 12.4 Å². The molecule has 0 N–H and O–H groups in total. The van der Waals surface area contributed by atoms with Crippen molar-refractivity contribution in [3.63, 3.8) is 0 Å². The molecule has 0 amide bonds. The second-order valence-corrected chi connectivity index (χ2v) is 8.83. The average molecular weight is 366 g/mol. The minimum atomic E-state index is 0.173. The van der Waals surface area contributed by atoms with E-state index in [2.05, 4.69) is 83.1 Å². The van der Waals surface area contributed by atoms with Crippen LogP contribution < -0.4 is 4.74 Å². The summed E-state index contributed by atoms with van der Waals surface area (Å²) in [5.41, 5.74) is 5.11. The van der Waals surface area contributed by atoms with E-state index >= 15 is 0 Å². The molecule has 0 saturated heterocycles. The molecule has 1 heterocycles. The molecule has 0 fully saturated rings. The van der Waals surface area contributed by atoms with Gasteiger partial charge in [-0.05, 0) is 54.2 Å². The standard InChI is InChI=1S/C23H27NOS/c1-16-7-6-8-20-17(2)15-21(24-22(16)20)26-14-13-25-19-11-9-18(10-12-19)23(3,4)5/h6-12,15H,13-14H2,1-5H3. The summed E-state index contributed by atoms with van der Waals surface area (Å²) < 4.78 is 5.89. The first-order chi connectivity index (χ1) is 12.3. The van der Waals surface area contributed by atoms with Gasteiger partial charge in [0.25, 0.3) is 0 Å². The first kappa shape index (κ1) is 18.8. The number of thioether (sulfide) groups is 1.